The normalized spacial score (nSPS) is 17.2. The van der Waals surface area contributed by atoms with E-state index in [1.807, 2.05) is 32.0 Å². The van der Waals surface area contributed by atoms with Crippen molar-refractivity contribution in [3.05, 3.63) is 35.4 Å². The van der Waals surface area contributed by atoms with Gasteiger partial charge in [-0.25, -0.2) is 0 Å². The summed E-state index contributed by atoms with van der Waals surface area (Å²) >= 11 is 0. The van der Waals surface area contributed by atoms with Crippen LogP contribution in [0.1, 0.15) is 38.3 Å². The second-order valence-electron chi connectivity index (χ2n) is 6.39. The van der Waals surface area contributed by atoms with Gasteiger partial charge in [-0.15, -0.1) is 0 Å². The minimum absolute atomic E-state index is 0.0577. The molecule has 1 unspecified atom stereocenters. The molecular formula is C17H23NO3. The number of rotatable bonds is 4. The number of amides is 1. The minimum Gasteiger partial charge on any atom is -0.481 e. The highest BCUT2D eigenvalue weighted by molar-refractivity contribution is 5.85. The quantitative estimate of drug-likeness (QED) is 0.927. The highest BCUT2D eigenvalue weighted by Gasteiger charge is 2.40. The Morgan fingerprint density at radius 3 is 2.48 bits per heavy atom. The summed E-state index contributed by atoms with van der Waals surface area (Å²) in [4.78, 5) is 25.8. The summed E-state index contributed by atoms with van der Waals surface area (Å²) in [5.74, 6) is -1.05. The average Bonchev–Trinajstić information content (AvgIpc) is 2.46. The average molecular weight is 289 g/mol. The maximum absolute atomic E-state index is 12.5. The van der Waals surface area contributed by atoms with Gasteiger partial charge in [-0.3, -0.25) is 9.59 Å². The summed E-state index contributed by atoms with van der Waals surface area (Å²) in [6.07, 6.45) is 0.898. The van der Waals surface area contributed by atoms with Crippen molar-refractivity contribution >= 4 is 11.9 Å². The van der Waals surface area contributed by atoms with Gasteiger partial charge in [0.05, 0.1) is 5.41 Å². The smallest absolute Gasteiger partial charge is 0.310 e. The van der Waals surface area contributed by atoms with E-state index in [0.29, 0.717) is 13.1 Å². The molecule has 0 spiro atoms. The highest BCUT2D eigenvalue weighted by atomic mass is 16.4. The number of carbonyl (C=O) groups excluding carboxylic acids is 1. The molecule has 1 amide bonds. The number of benzene rings is 1. The van der Waals surface area contributed by atoms with Gasteiger partial charge in [0.15, 0.2) is 0 Å². The molecule has 0 radical (unpaired) electrons. The van der Waals surface area contributed by atoms with Crippen LogP contribution in [0, 0.1) is 11.3 Å². The van der Waals surface area contributed by atoms with Crippen molar-refractivity contribution in [2.45, 2.75) is 40.2 Å². The number of hydrogen-bond acceptors (Lipinski definition) is 2. The Labute approximate surface area is 125 Å². The Balaban J connectivity index is 2.10. The van der Waals surface area contributed by atoms with E-state index in [2.05, 4.69) is 6.07 Å². The maximum Gasteiger partial charge on any atom is 0.310 e. The topological polar surface area (TPSA) is 57.6 Å². The van der Waals surface area contributed by atoms with Gasteiger partial charge in [0.1, 0.15) is 0 Å². The van der Waals surface area contributed by atoms with Crippen LogP contribution in [0.5, 0.6) is 0 Å². The molecule has 4 nitrogen and oxygen atoms in total. The van der Waals surface area contributed by atoms with Crippen LogP contribution in [0.3, 0.4) is 0 Å². The monoisotopic (exact) mass is 289 g/mol. The molecule has 1 aliphatic heterocycles. The van der Waals surface area contributed by atoms with Gasteiger partial charge in [-0.2, -0.15) is 0 Å². The van der Waals surface area contributed by atoms with Gasteiger partial charge < -0.3 is 10.0 Å². The third-order valence-electron chi connectivity index (χ3n) is 4.76. The molecule has 1 aromatic rings. The molecule has 0 aromatic heterocycles. The van der Waals surface area contributed by atoms with Crippen LogP contribution in [-0.2, 0) is 22.6 Å². The molecule has 0 fully saturated rings. The molecule has 1 N–H and O–H groups in total. The van der Waals surface area contributed by atoms with Crippen LogP contribution < -0.4 is 0 Å². The summed E-state index contributed by atoms with van der Waals surface area (Å²) in [6, 6.07) is 8.11. The second-order valence-corrected chi connectivity index (χ2v) is 6.39. The first kappa shape index (κ1) is 15.5. The predicted octanol–water partition coefficient (Wildman–Crippen LogP) is 2.71. The second kappa shape index (κ2) is 5.88. The van der Waals surface area contributed by atoms with Crippen molar-refractivity contribution in [3.63, 3.8) is 0 Å². The number of fused-ring (bicyclic) bond motifs is 1. The van der Waals surface area contributed by atoms with Gasteiger partial charge in [0.25, 0.3) is 0 Å². The molecule has 0 saturated carbocycles. The Bertz CT molecular complexity index is 553. The zero-order valence-corrected chi connectivity index (χ0v) is 12.9. The lowest BCUT2D eigenvalue weighted by atomic mass is 9.76. The Kier molecular flexibility index (Phi) is 4.35. The van der Waals surface area contributed by atoms with Crippen LogP contribution in [0.25, 0.3) is 0 Å². The molecule has 1 aliphatic rings. The lowest BCUT2D eigenvalue weighted by molar-refractivity contribution is -0.155. The fourth-order valence-corrected chi connectivity index (χ4v) is 2.66. The van der Waals surface area contributed by atoms with E-state index in [1.54, 1.807) is 11.8 Å². The van der Waals surface area contributed by atoms with Gasteiger partial charge >= 0.3 is 5.97 Å². The predicted molar refractivity (Wildman–Crippen MR) is 80.8 cm³/mol. The summed E-state index contributed by atoms with van der Waals surface area (Å²) in [7, 11) is 0. The van der Waals surface area contributed by atoms with Crippen molar-refractivity contribution in [2.75, 3.05) is 6.54 Å². The van der Waals surface area contributed by atoms with Crippen LogP contribution in [0.4, 0.5) is 0 Å². The van der Waals surface area contributed by atoms with Crippen LogP contribution >= 0.6 is 0 Å². The van der Waals surface area contributed by atoms with Gasteiger partial charge in [0.2, 0.25) is 5.91 Å². The summed E-state index contributed by atoms with van der Waals surface area (Å²) in [5, 5.41) is 9.44. The van der Waals surface area contributed by atoms with Crippen molar-refractivity contribution in [1.29, 1.82) is 0 Å². The molecular weight excluding hydrogens is 266 g/mol. The molecule has 4 heteroatoms. The van der Waals surface area contributed by atoms with Crippen molar-refractivity contribution in [2.24, 2.45) is 11.3 Å². The summed E-state index contributed by atoms with van der Waals surface area (Å²) in [5.41, 5.74) is 1.44. The standard InChI is InChI=1S/C17H23NO3/c1-12(2)17(3,16(20)21)10-15(19)18-9-8-13-6-4-5-7-14(13)11-18/h4-7,12H,8-11H2,1-3H3,(H,20,21). The Hall–Kier alpha value is -1.84. The molecule has 0 aliphatic carbocycles. The van der Waals surface area contributed by atoms with Gasteiger partial charge in [-0.05, 0) is 30.4 Å². The highest BCUT2D eigenvalue weighted by Crippen LogP contribution is 2.33. The number of hydrogen-bond donors (Lipinski definition) is 1. The fourth-order valence-electron chi connectivity index (χ4n) is 2.66. The zero-order valence-electron chi connectivity index (χ0n) is 12.9. The first-order chi connectivity index (χ1) is 9.84. The first-order valence-electron chi connectivity index (χ1n) is 7.42. The SMILES string of the molecule is CC(C)C(C)(CC(=O)N1CCc2ccccc2C1)C(=O)O. The summed E-state index contributed by atoms with van der Waals surface area (Å²) < 4.78 is 0. The molecule has 114 valence electrons. The lowest BCUT2D eigenvalue weighted by Gasteiger charge is -2.34. The van der Waals surface area contributed by atoms with Crippen LogP contribution in [-0.4, -0.2) is 28.4 Å². The van der Waals surface area contributed by atoms with E-state index in [9.17, 15) is 14.7 Å². The van der Waals surface area contributed by atoms with Gasteiger partial charge in [0, 0.05) is 19.5 Å². The molecule has 2 rings (SSSR count). The van der Waals surface area contributed by atoms with E-state index >= 15 is 0 Å². The largest absolute Gasteiger partial charge is 0.481 e. The van der Waals surface area contributed by atoms with Crippen molar-refractivity contribution in [1.82, 2.24) is 4.90 Å². The third-order valence-corrected chi connectivity index (χ3v) is 4.76. The summed E-state index contributed by atoms with van der Waals surface area (Å²) in [6.45, 7) is 6.63. The van der Waals surface area contributed by atoms with Crippen LogP contribution in [0.2, 0.25) is 0 Å². The van der Waals surface area contributed by atoms with Crippen molar-refractivity contribution in [3.8, 4) is 0 Å². The Morgan fingerprint density at radius 2 is 1.90 bits per heavy atom. The molecule has 1 aromatic carbocycles. The minimum atomic E-state index is -1.01. The number of carboxylic acid groups (broad SMARTS) is 1. The van der Waals surface area contributed by atoms with E-state index < -0.39 is 11.4 Å². The molecule has 1 heterocycles. The fraction of sp³-hybridized carbons (Fsp3) is 0.529. The number of carboxylic acids is 1. The van der Waals surface area contributed by atoms with E-state index in [0.717, 1.165) is 6.42 Å². The maximum atomic E-state index is 12.5. The molecule has 0 saturated heterocycles. The third kappa shape index (κ3) is 3.09. The lowest BCUT2D eigenvalue weighted by Crippen LogP contribution is -2.42. The van der Waals surface area contributed by atoms with E-state index in [1.165, 1.54) is 11.1 Å². The molecule has 0 bridgehead atoms. The number of aliphatic carboxylic acids is 1. The van der Waals surface area contributed by atoms with Crippen molar-refractivity contribution < 1.29 is 14.7 Å². The molecule has 1 atom stereocenters. The van der Waals surface area contributed by atoms with Gasteiger partial charge in [-0.1, -0.05) is 38.1 Å². The Morgan fingerprint density at radius 1 is 1.29 bits per heavy atom. The number of nitrogens with zero attached hydrogens (tertiary/aromatic N) is 1. The molecule has 21 heavy (non-hydrogen) atoms. The first-order valence-corrected chi connectivity index (χ1v) is 7.42. The van der Waals surface area contributed by atoms with E-state index in [4.69, 9.17) is 0 Å². The van der Waals surface area contributed by atoms with E-state index in [-0.39, 0.29) is 18.2 Å². The number of carbonyl (C=O) groups is 2. The van der Waals surface area contributed by atoms with Crippen LogP contribution in [0.15, 0.2) is 24.3 Å². The zero-order chi connectivity index (χ0) is 15.6.